The zero-order valence-electron chi connectivity index (χ0n) is 12.7. The van der Waals surface area contributed by atoms with Gasteiger partial charge < -0.3 is 5.32 Å². The molecule has 3 rings (SSSR count). The van der Waals surface area contributed by atoms with Gasteiger partial charge in [0.25, 0.3) is 5.91 Å². The van der Waals surface area contributed by atoms with Crippen LogP contribution in [0.25, 0.3) is 0 Å². The molecule has 1 saturated heterocycles. The molecule has 1 aliphatic heterocycles. The second-order valence-electron chi connectivity index (χ2n) is 5.31. The van der Waals surface area contributed by atoms with E-state index < -0.39 is 0 Å². The molecule has 0 spiro atoms. The fraction of sp³-hybridized carbons (Fsp3) is 0.111. The number of rotatable bonds is 3. The van der Waals surface area contributed by atoms with Crippen LogP contribution in [0.2, 0.25) is 0 Å². The number of imide groups is 1. The molecule has 0 unspecified atom stereocenters. The summed E-state index contributed by atoms with van der Waals surface area (Å²) in [4.78, 5) is 36.7. The largest absolute Gasteiger partial charge is 0.322 e. The van der Waals surface area contributed by atoms with Crippen molar-refractivity contribution in [2.45, 2.75) is 12.8 Å². The van der Waals surface area contributed by atoms with Gasteiger partial charge in [0, 0.05) is 24.1 Å². The SMILES string of the molecule is N#Cc1ccc(NC(=O)c2ccc(N3C(=O)CCC3=O)cc2)cc1. The van der Waals surface area contributed by atoms with Crippen molar-refractivity contribution in [3.63, 3.8) is 0 Å². The highest BCUT2D eigenvalue weighted by molar-refractivity contribution is 6.20. The molecule has 1 heterocycles. The minimum absolute atomic E-state index is 0.222. The molecule has 6 nitrogen and oxygen atoms in total. The van der Waals surface area contributed by atoms with E-state index in [4.69, 9.17) is 5.26 Å². The predicted octanol–water partition coefficient (Wildman–Crippen LogP) is 2.46. The first-order chi connectivity index (χ1) is 11.6. The molecule has 0 bridgehead atoms. The van der Waals surface area contributed by atoms with Gasteiger partial charge in [-0.1, -0.05) is 0 Å². The molecule has 0 aromatic heterocycles. The van der Waals surface area contributed by atoms with E-state index >= 15 is 0 Å². The Kier molecular flexibility index (Phi) is 4.08. The summed E-state index contributed by atoms with van der Waals surface area (Å²) in [6.07, 6.45) is 0.444. The molecule has 1 fully saturated rings. The third-order valence-corrected chi connectivity index (χ3v) is 3.71. The molecular weight excluding hydrogens is 306 g/mol. The Morgan fingerprint density at radius 1 is 0.958 bits per heavy atom. The summed E-state index contributed by atoms with van der Waals surface area (Å²) >= 11 is 0. The molecule has 3 amide bonds. The number of benzene rings is 2. The van der Waals surface area contributed by atoms with Crippen LogP contribution in [-0.2, 0) is 9.59 Å². The van der Waals surface area contributed by atoms with E-state index in [0.717, 1.165) is 4.90 Å². The number of nitriles is 1. The number of carbonyl (C=O) groups excluding carboxylic acids is 3. The first kappa shape index (κ1) is 15.4. The molecule has 0 saturated carbocycles. The minimum Gasteiger partial charge on any atom is -0.322 e. The molecule has 0 atom stereocenters. The Morgan fingerprint density at radius 3 is 2.08 bits per heavy atom. The maximum Gasteiger partial charge on any atom is 0.255 e. The maximum absolute atomic E-state index is 12.2. The van der Waals surface area contributed by atoms with Crippen LogP contribution < -0.4 is 10.2 Å². The Hall–Kier alpha value is -3.46. The number of anilines is 2. The smallest absolute Gasteiger partial charge is 0.255 e. The normalized spacial score (nSPS) is 13.7. The summed E-state index contributed by atoms with van der Waals surface area (Å²) in [5.41, 5.74) is 1.96. The Balaban J connectivity index is 1.73. The molecule has 0 radical (unpaired) electrons. The maximum atomic E-state index is 12.2. The molecule has 1 aliphatic rings. The van der Waals surface area contributed by atoms with Crippen LogP contribution >= 0.6 is 0 Å². The van der Waals surface area contributed by atoms with Crippen molar-refractivity contribution >= 4 is 29.1 Å². The lowest BCUT2D eigenvalue weighted by molar-refractivity contribution is -0.121. The number of nitrogens with zero attached hydrogens (tertiary/aromatic N) is 2. The fourth-order valence-corrected chi connectivity index (χ4v) is 2.46. The number of carbonyl (C=O) groups is 3. The Morgan fingerprint density at radius 2 is 1.54 bits per heavy atom. The van der Waals surface area contributed by atoms with E-state index in [0.29, 0.717) is 22.5 Å². The second-order valence-corrected chi connectivity index (χ2v) is 5.31. The molecule has 0 aliphatic carbocycles. The van der Waals surface area contributed by atoms with Crippen molar-refractivity contribution in [3.8, 4) is 6.07 Å². The number of hydrogen-bond acceptors (Lipinski definition) is 4. The van der Waals surface area contributed by atoms with Gasteiger partial charge in [0.2, 0.25) is 11.8 Å². The standard InChI is InChI=1S/C18H13N3O3/c19-11-12-1-5-14(6-2-12)20-18(24)13-3-7-15(8-4-13)21-16(22)9-10-17(21)23/h1-8H,9-10H2,(H,20,24). The minimum atomic E-state index is -0.315. The van der Waals surface area contributed by atoms with Crippen molar-refractivity contribution in [1.82, 2.24) is 0 Å². The summed E-state index contributed by atoms with van der Waals surface area (Å²) in [6.45, 7) is 0. The molecule has 6 heteroatoms. The average molecular weight is 319 g/mol. The molecule has 118 valence electrons. The van der Waals surface area contributed by atoms with E-state index in [1.165, 1.54) is 0 Å². The zero-order chi connectivity index (χ0) is 17.1. The van der Waals surface area contributed by atoms with Crippen LogP contribution in [0.4, 0.5) is 11.4 Å². The highest BCUT2D eigenvalue weighted by atomic mass is 16.2. The average Bonchev–Trinajstić information content (AvgIpc) is 2.94. The number of amides is 3. The van der Waals surface area contributed by atoms with Crippen LogP contribution in [0, 0.1) is 11.3 Å². The van der Waals surface area contributed by atoms with Gasteiger partial charge in [-0.05, 0) is 48.5 Å². The lowest BCUT2D eigenvalue weighted by atomic mass is 10.1. The first-order valence-electron chi connectivity index (χ1n) is 7.36. The van der Waals surface area contributed by atoms with E-state index in [1.807, 2.05) is 6.07 Å². The Bertz CT molecular complexity index is 833. The lowest BCUT2D eigenvalue weighted by Gasteiger charge is -2.14. The van der Waals surface area contributed by atoms with Crippen LogP contribution in [0.15, 0.2) is 48.5 Å². The topological polar surface area (TPSA) is 90.3 Å². The monoisotopic (exact) mass is 319 g/mol. The van der Waals surface area contributed by atoms with Gasteiger partial charge >= 0.3 is 0 Å². The summed E-state index contributed by atoms with van der Waals surface area (Å²) < 4.78 is 0. The number of hydrogen-bond donors (Lipinski definition) is 1. The second kappa shape index (κ2) is 6.34. The highest BCUT2D eigenvalue weighted by Crippen LogP contribution is 2.23. The van der Waals surface area contributed by atoms with E-state index in [-0.39, 0.29) is 30.6 Å². The van der Waals surface area contributed by atoms with Crippen molar-refractivity contribution in [3.05, 3.63) is 59.7 Å². The molecular formula is C18H13N3O3. The third-order valence-electron chi connectivity index (χ3n) is 3.71. The van der Waals surface area contributed by atoms with Gasteiger partial charge in [-0.25, -0.2) is 0 Å². The summed E-state index contributed by atoms with van der Waals surface area (Å²) in [5.74, 6) is -0.769. The van der Waals surface area contributed by atoms with Crippen molar-refractivity contribution in [2.24, 2.45) is 0 Å². The van der Waals surface area contributed by atoms with Crippen LogP contribution in [0.5, 0.6) is 0 Å². The zero-order valence-corrected chi connectivity index (χ0v) is 12.7. The molecule has 24 heavy (non-hydrogen) atoms. The van der Waals surface area contributed by atoms with Gasteiger partial charge in [0.1, 0.15) is 0 Å². The van der Waals surface area contributed by atoms with Crippen molar-refractivity contribution in [1.29, 1.82) is 5.26 Å². The summed E-state index contributed by atoms with van der Waals surface area (Å²) in [7, 11) is 0. The van der Waals surface area contributed by atoms with Crippen molar-refractivity contribution < 1.29 is 14.4 Å². The van der Waals surface area contributed by atoms with Crippen LogP contribution in [0.1, 0.15) is 28.8 Å². The van der Waals surface area contributed by atoms with E-state index in [2.05, 4.69) is 5.32 Å². The van der Waals surface area contributed by atoms with Crippen LogP contribution in [-0.4, -0.2) is 17.7 Å². The van der Waals surface area contributed by atoms with E-state index in [1.54, 1.807) is 48.5 Å². The molecule has 2 aromatic rings. The van der Waals surface area contributed by atoms with Gasteiger partial charge in [-0.15, -0.1) is 0 Å². The van der Waals surface area contributed by atoms with E-state index in [9.17, 15) is 14.4 Å². The first-order valence-corrected chi connectivity index (χ1v) is 7.36. The highest BCUT2D eigenvalue weighted by Gasteiger charge is 2.30. The fourth-order valence-electron chi connectivity index (χ4n) is 2.46. The van der Waals surface area contributed by atoms with Gasteiger partial charge in [0.15, 0.2) is 0 Å². The predicted molar refractivity (Wildman–Crippen MR) is 87.3 cm³/mol. The van der Waals surface area contributed by atoms with Crippen molar-refractivity contribution in [2.75, 3.05) is 10.2 Å². The van der Waals surface area contributed by atoms with Crippen LogP contribution in [0.3, 0.4) is 0 Å². The molecule has 2 aromatic carbocycles. The summed E-state index contributed by atoms with van der Waals surface area (Å²) in [6, 6.07) is 14.8. The van der Waals surface area contributed by atoms with Gasteiger partial charge in [-0.3, -0.25) is 19.3 Å². The third kappa shape index (κ3) is 3.01. The quantitative estimate of drug-likeness (QED) is 0.880. The lowest BCUT2D eigenvalue weighted by Crippen LogP contribution is -2.28. The molecule has 1 N–H and O–H groups in total. The Labute approximate surface area is 138 Å². The number of nitrogens with one attached hydrogen (secondary N) is 1. The van der Waals surface area contributed by atoms with Gasteiger partial charge in [0.05, 0.1) is 17.3 Å². The summed E-state index contributed by atoms with van der Waals surface area (Å²) in [5, 5.41) is 11.5. The van der Waals surface area contributed by atoms with Gasteiger partial charge in [-0.2, -0.15) is 5.26 Å².